The van der Waals surface area contributed by atoms with Crippen LogP contribution in [0.15, 0.2) is 22.7 Å². The van der Waals surface area contributed by atoms with Crippen molar-refractivity contribution >= 4 is 15.9 Å². The average Bonchev–Trinajstić information content (AvgIpc) is 1.99. The van der Waals surface area contributed by atoms with Gasteiger partial charge < -0.3 is 0 Å². The monoisotopic (exact) mass is 212 g/mol. The van der Waals surface area contributed by atoms with E-state index in [0.717, 1.165) is 0 Å². The van der Waals surface area contributed by atoms with Crippen molar-refractivity contribution in [1.82, 2.24) is 0 Å². The highest BCUT2D eigenvalue weighted by atomic mass is 79.9. The Labute approximate surface area is 73.6 Å². The Morgan fingerprint density at radius 2 is 2.27 bits per heavy atom. The van der Waals surface area contributed by atoms with Gasteiger partial charge in [0.05, 0.1) is 4.47 Å². The van der Waals surface area contributed by atoms with E-state index in [9.17, 15) is 4.39 Å². The van der Waals surface area contributed by atoms with Crippen LogP contribution in [0.3, 0.4) is 0 Å². The molecule has 0 aliphatic heterocycles. The fraction of sp³-hybridized carbons (Fsp3) is 0.111. The van der Waals surface area contributed by atoms with Crippen LogP contribution in [0.2, 0.25) is 0 Å². The zero-order valence-corrected chi connectivity index (χ0v) is 7.36. The molecule has 0 radical (unpaired) electrons. The first-order valence-corrected chi connectivity index (χ1v) is 3.91. The smallest absolute Gasteiger partial charge is 0.141 e. The molecule has 2 heteroatoms. The lowest BCUT2D eigenvalue weighted by Gasteiger charge is -1.98. The Balaban J connectivity index is 3.08. The molecular weight excluding hydrogens is 207 g/mol. The average molecular weight is 213 g/mol. The van der Waals surface area contributed by atoms with Crippen LogP contribution < -0.4 is 0 Å². The van der Waals surface area contributed by atoms with Gasteiger partial charge in [-0.25, -0.2) is 4.39 Å². The molecule has 56 valence electrons. The molecular formula is C9H6BrF. The van der Waals surface area contributed by atoms with Gasteiger partial charge in [-0.1, -0.05) is 12.1 Å². The molecule has 1 aromatic rings. The summed E-state index contributed by atoms with van der Waals surface area (Å²) in [7, 11) is 0. The second-order valence-corrected chi connectivity index (χ2v) is 2.95. The van der Waals surface area contributed by atoms with Crippen molar-refractivity contribution in [2.24, 2.45) is 0 Å². The number of terminal acetylenes is 1. The third-order valence-electron chi connectivity index (χ3n) is 1.32. The second kappa shape index (κ2) is 3.54. The van der Waals surface area contributed by atoms with E-state index in [1.54, 1.807) is 18.2 Å². The largest absolute Gasteiger partial charge is 0.205 e. The molecule has 0 aliphatic rings. The minimum absolute atomic E-state index is 0.259. The molecule has 0 aliphatic carbocycles. The van der Waals surface area contributed by atoms with Crippen molar-refractivity contribution in [1.29, 1.82) is 0 Å². The lowest BCUT2D eigenvalue weighted by atomic mass is 10.1. The van der Waals surface area contributed by atoms with Crippen LogP contribution in [0.1, 0.15) is 5.56 Å². The minimum Gasteiger partial charge on any atom is -0.205 e. The Morgan fingerprint density at radius 1 is 1.55 bits per heavy atom. The van der Waals surface area contributed by atoms with Crippen molar-refractivity contribution in [3.8, 4) is 12.3 Å². The zero-order valence-electron chi connectivity index (χ0n) is 5.77. The van der Waals surface area contributed by atoms with E-state index in [4.69, 9.17) is 6.42 Å². The summed E-state index contributed by atoms with van der Waals surface area (Å²) in [6.45, 7) is 0. The lowest BCUT2D eigenvalue weighted by molar-refractivity contribution is 0.609. The number of hydrogen-bond acceptors (Lipinski definition) is 0. The molecule has 1 rings (SSSR count). The normalized spacial score (nSPS) is 9.18. The van der Waals surface area contributed by atoms with E-state index >= 15 is 0 Å². The molecule has 0 bridgehead atoms. The summed E-state index contributed by atoms with van der Waals surface area (Å²) in [4.78, 5) is 0. The summed E-state index contributed by atoms with van der Waals surface area (Å²) >= 11 is 3.07. The van der Waals surface area contributed by atoms with Gasteiger partial charge in [0.1, 0.15) is 5.82 Å². The minimum atomic E-state index is -0.259. The van der Waals surface area contributed by atoms with Crippen molar-refractivity contribution < 1.29 is 4.39 Å². The molecule has 0 aromatic heterocycles. The highest BCUT2D eigenvalue weighted by Gasteiger charge is 2.02. The fourth-order valence-electron chi connectivity index (χ4n) is 0.795. The first-order chi connectivity index (χ1) is 5.25. The highest BCUT2D eigenvalue weighted by Crippen LogP contribution is 2.18. The lowest BCUT2D eigenvalue weighted by Crippen LogP contribution is -1.88. The molecule has 11 heavy (non-hydrogen) atoms. The Hall–Kier alpha value is -0.810. The van der Waals surface area contributed by atoms with E-state index in [-0.39, 0.29) is 5.82 Å². The third-order valence-corrected chi connectivity index (χ3v) is 1.94. The molecule has 0 heterocycles. The van der Waals surface area contributed by atoms with Gasteiger partial charge in [0.25, 0.3) is 0 Å². The predicted octanol–water partition coefficient (Wildman–Crippen LogP) is 2.76. The van der Waals surface area contributed by atoms with Gasteiger partial charge in [-0.3, -0.25) is 0 Å². The quantitative estimate of drug-likeness (QED) is 0.629. The van der Waals surface area contributed by atoms with E-state index in [2.05, 4.69) is 21.9 Å². The van der Waals surface area contributed by atoms with Gasteiger partial charge in [-0.2, -0.15) is 0 Å². The third kappa shape index (κ3) is 1.81. The first kappa shape index (κ1) is 8.29. The van der Waals surface area contributed by atoms with Crippen LogP contribution in [0.5, 0.6) is 0 Å². The molecule has 1 aromatic carbocycles. The van der Waals surface area contributed by atoms with Crippen molar-refractivity contribution in [3.05, 3.63) is 34.1 Å². The highest BCUT2D eigenvalue weighted by molar-refractivity contribution is 9.10. The van der Waals surface area contributed by atoms with Crippen molar-refractivity contribution in [2.45, 2.75) is 6.42 Å². The van der Waals surface area contributed by atoms with Crippen molar-refractivity contribution in [2.75, 3.05) is 0 Å². The summed E-state index contributed by atoms with van der Waals surface area (Å²) in [6, 6.07) is 5.09. The van der Waals surface area contributed by atoms with Crippen LogP contribution in [0, 0.1) is 18.2 Å². The molecule has 0 nitrogen and oxygen atoms in total. The Kier molecular flexibility index (Phi) is 2.67. The molecule has 0 saturated carbocycles. The Morgan fingerprint density at radius 3 is 2.91 bits per heavy atom. The summed E-state index contributed by atoms with van der Waals surface area (Å²) in [5.74, 6) is 2.13. The summed E-state index contributed by atoms with van der Waals surface area (Å²) < 4.78 is 13.5. The summed E-state index contributed by atoms with van der Waals surface area (Å²) in [5, 5.41) is 0. The van der Waals surface area contributed by atoms with E-state index in [0.29, 0.717) is 16.5 Å². The maximum Gasteiger partial charge on any atom is 0.141 e. The predicted molar refractivity (Wildman–Crippen MR) is 46.6 cm³/mol. The van der Waals surface area contributed by atoms with Gasteiger partial charge in [0.15, 0.2) is 0 Å². The molecule has 0 amide bonds. The van der Waals surface area contributed by atoms with Crippen LogP contribution in [-0.4, -0.2) is 0 Å². The molecule has 0 atom stereocenters. The fourth-order valence-corrected chi connectivity index (χ4v) is 1.20. The van der Waals surface area contributed by atoms with E-state index in [1.807, 2.05) is 0 Å². The van der Waals surface area contributed by atoms with Gasteiger partial charge in [0.2, 0.25) is 0 Å². The summed E-state index contributed by atoms with van der Waals surface area (Å²) in [6.07, 6.45) is 5.39. The van der Waals surface area contributed by atoms with Crippen LogP contribution >= 0.6 is 15.9 Å². The molecule has 0 spiro atoms. The number of benzene rings is 1. The number of hydrogen-bond donors (Lipinski definition) is 0. The van der Waals surface area contributed by atoms with Crippen LogP contribution in [-0.2, 0) is 6.42 Å². The van der Waals surface area contributed by atoms with E-state index in [1.165, 1.54) is 0 Å². The van der Waals surface area contributed by atoms with Gasteiger partial charge in [-0.15, -0.1) is 12.3 Å². The standard InChI is InChI=1S/C9H6BrF/c1-2-4-7-5-3-6-8(10)9(7)11/h1,3,5-6H,4H2. The zero-order chi connectivity index (χ0) is 8.27. The van der Waals surface area contributed by atoms with Crippen molar-refractivity contribution in [3.63, 3.8) is 0 Å². The van der Waals surface area contributed by atoms with Crippen LogP contribution in [0.25, 0.3) is 0 Å². The van der Waals surface area contributed by atoms with Gasteiger partial charge >= 0.3 is 0 Å². The summed E-state index contributed by atoms with van der Waals surface area (Å²) in [5.41, 5.74) is 0.557. The molecule has 0 N–H and O–H groups in total. The topological polar surface area (TPSA) is 0 Å². The Bertz CT molecular complexity index is 299. The SMILES string of the molecule is C#CCc1cccc(Br)c1F. The second-order valence-electron chi connectivity index (χ2n) is 2.09. The number of halogens is 2. The maximum atomic E-state index is 13.0. The van der Waals surface area contributed by atoms with E-state index < -0.39 is 0 Å². The molecule has 0 saturated heterocycles. The molecule has 0 unspecified atom stereocenters. The molecule has 0 fully saturated rings. The first-order valence-electron chi connectivity index (χ1n) is 3.12. The maximum absolute atomic E-state index is 13.0. The van der Waals surface area contributed by atoms with Gasteiger partial charge in [-0.05, 0) is 22.0 Å². The van der Waals surface area contributed by atoms with Gasteiger partial charge in [0, 0.05) is 12.0 Å². The number of rotatable bonds is 1. The van der Waals surface area contributed by atoms with Crippen LogP contribution in [0.4, 0.5) is 4.39 Å².